The Balaban J connectivity index is 2.68. The third kappa shape index (κ3) is 3.12. The molecule has 76 valence electrons. The Hall–Kier alpha value is -0.863. The molecule has 1 nitrogen and oxygen atoms in total. The second-order valence-corrected chi connectivity index (χ2v) is 6.22. The van der Waals surface area contributed by atoms with Crippen LogP contribution < -0.4 is 5.19 Å². The molecule has 0 radical (unpaired) electrons. The molecule has 0 saturated heterocycles. The second-order valence-electron chi connectivity index (χ2n) is 3.43. The summed E-state index contributed by atoms with van der Waals surface area (Å²) in [6.07, 6.45) is 1.82. The average molecular weight is 206 g/mol. The molecule has 14 heavy (non-hydrogen) atoms. The molecule has 0 spiro atoms. The summed E-state index contributed by atoms with van der Waals surface area (Å²) in [5, 5.41) is 1.39. The van der Waals surface area contributed by atoms with Crippen LogP contribution in [0.25, 0.3) is 0 Å². The maximum absolute atomic E-state index is 5.79. The summed E-state index contributed by atoms with van der Waals surface area (Å²) in [5.74, 6) is 0. The molecule has 0 bridgehead atoms. The van der Waals surface area contributed by atoms with Gasteiger partial charge in [-0.3, -0.25) is 0 Å². The fourth-order valence-electron chi connectivity index (χ4n) is 1.42. The van der Waals surface area contributed by atoms with Crippen LogP contribution in [-0.4, -0.2) is 15.6 Å². The first-order valence-electron chi connectivity index (χ1n) is 5.07. The Bertz CT molecular complexity index is 279. The Morgan fingerprint density at radius 1 is 1.36 bits per heavy atom. The predicted molar refractivity (Wildman–Crippen MR) is 64.6 cm³/mol. The minimum atomic E-state index is -1.18. The van der Waals surface area contributed by atoms with Gasteiger partial charge in [0.15, 0.2) is 0 Å². The maximum Gasteiger partial charge on any atom is 0.208 e. The van der Waals surface area contributed by atoms with E-state index < -0.39 is 9.04 Å². The SMILES string of the molecule is C=CCO[SiH](CC)c1ccc(C)cc1. The number of hydrogen-bond donors (Lipinski definition) is 0. The number of hydrogen-bond acceptors (Lipinski definition) is 1. The monoisotopic (exact) mass is 206 g/mol. The molecule has 0 aliphatic heterocycles. The summed E-state index contributed by atoms with van der Waals surface area (Å²) in [6.45, 7) is 8.65. The smallest absolute Gasteiger partial charge is 0.208 e. The summed E-state index contributed by atoms with van der Waals surface area (Å²) >= 11 is 0. The van der Waals surface area contributed by atoms with Crippen molar-refractivity contribution < 1.29 is 4.43 Å². The van der Waals surface area contributed by atoms with Crippen LogP contribution in [0.3, 0.4) is 0 Å². The van der Waals surface area contributed by atoms with E-state index in [9.17, 15) is 0 Å². The zero-order chi connectivity index (χ0) is 10.4. The molecular formula is C12H18OSi. The third-order valence-electron chi connectivity index (χ3n) is 2.24. The number of aryl methyl sites for hydroxylation is 1. The summed E-state index contributed by atoms with van der Waals surface area (Å²) in [5.41, 5.74) is 1.31. The van der Waals surface area contributed by atoms with Crippen LogP contribution in [0.2, 0.25) is 6.04 Å². The summed E-state index contributed by atoms with van der Waals surface area (Å²) in [4.78, 5) is 0. The molecule has 1 rings (SSSR count). The number of rotatable bonds is 5. The van der Waals surface area contributed by atoms with E-state index in [1.54, 1.807) is 0 Å². The van der Waals surface area contributed by atoms with Crippen LogP contribution in [-0.2, 0) is 4.43 Å². The third-order valence-corrected chi connectivity index (χ3v) is 4.70. The van der Waals surface area contributed by atoms with Gasteiger partial charge in [-0.15, -0.1) is 6.58 Å². The molecule has 1 atom stereocenters. The highest BCUT2D eigenvalue weighted by Gasteiger charge is 2.10. The first kappa shape index (κ1) is 11.2. The normalized spacial score (nSPS) is 12.4. The van der Waals surface area contributed by atoms with E-state index in [0.717, 1.165) is 6.04 Å². The van der Waals surface area contributed by atoms with Gasteiger partial charge in [0.05, 0.1) is 6.61 Å². The van der Waals surface area contributed by atoms with Crippen molar-refractivity contribution in [3.63, 3.8) is 0 Å². The van der Waals surface area contributed by atoms with E-state index in [1.807, 2.05) is 6.08 Å². The molecule has 1 aromatic rings. The first-order valence-corrected chi connectivity index (χ1v) is 6.93. The van der Waals surface area contributed by atoms with Gasteiger partial charge in [-0.1, -0.05) is 42.8 Å². The lowest BCUT2D eigenvalue weighted by molar-refractivity contribution is 0.375. The molecular weight excluding hydrogens is 188 g/mol. The lowest BCUT2D eigenvalue weighted by Crippen LogP contribution is -2.32. The zero-order valence-electron chi connectivity index (χ0n) is 8.99. The summed E-state index contributed by atoms with van der Waals surface area (Å²) < 4.78 is 5.79. The van der Waals surface area contributed by atoms with E-state index in [4.69, 9.17) is 4.43 Å². The molecule has 0 saturated carbocycles. The molecule has 0 heterocycles. The highest BCUT2D eigenvalue weighted by Crippen LogP contribution is 1.99. The van der Waals surface area contributed by atoms with E-state index in [1.165, 1.54) is 10.8 Å². The maximum atomic E-state index is 5.79. The van der Waals surface area contributed by atoms with Gasteiger partial charge < -0.3 is 4.43 Å². The van der Waals surface area contributed by atoms with Crippen molar-refractivity contribution in [1.82, 2.24) is 0 Å². The van der Waals surface area contributed by atoms with Gasteiger partial charge in [-0.25, -0.2) is 0 Å². The Morgan fingerprint density at radius 2 is 2.00 bits per heavy atom. The van der Waals surface area contributed by atoms with Crippen molar-refractivity contribution in [1.29, 1.82) is 0 Å². The van der Waals surface area contributed by atoms with Crippen molar-refractivity contribution in [2.45, 2.75) is 19.9 Å². The molecule has 0 aliphatic rings. The lowest BCUT2D eigenvalue weighted by Gasteiger charge is -2.13. The van der Waals surface area contributed by atoms with Crippen LogP contribution in [0.1, 0.15) is 12.5 Å². The van der Waals surface area contributed by atoms with Gasteiger partial charge in [0.2, 0.25) is 9.04 Å². The van der Waals surface area contributed by atoms with E-state index in [2.05, 4.69) is 44.7 Å². The number of benzene rings is 1. The van der Waals surface area contributed by atoms with E-state index in [0.29, 0.717) is 6.61 Å². The van der Waals surface area contributed by atoms with Crippen LogP contribution >= 0.6 is 0 Å². The van der Waals surface area contributed by atoms with E-state index >= 15 is 0 Å². The van der Waals surface area contributed by atoms with Gasteiger partial charge in [0.25, 0.3) is 0 Å². The minimum absolute atomic E-state index is 0.679. The van der Waals surface area contributed by atoms with Crippen molar-refractivity contribution in [2.24, 2.45) is 0 Å². The summed E-state index contributed by atoms with van der Waals surface area (Å²) in [7, 11) is -1.18. The first-order chi connectivity index (χ1) is 6.77. The van der Waals surface area contributed by atoms with Gasteiger partial charge in [-0.2, -0.15) is 0 Å². The van der Waals surface area contributed by atoms with Crippen molar-refractivity contribution >= 4 is 14.2 Å². The molecule has 0 amide bonds. The Labute approximate surface area is 88.1 Å². The standard InChI is InChI=1S/C12H18OSi/c1-4-10-13-14(5-2)12-8-6-11(3)7-9-12/h4,6-9,14H,1,5,10H2,2-3H3. The van der Waals surface area contributed by atoms with Gasteiger partial charge >= 0.3 is 0 Å². The molecule has 0 N–H and O–H groups in total. The molecule has 0 aromatic heterocycles. The minimum Gasteiger partial charge on any atom is -0.412 e. The van der Waals surface area contributed by atoms with Gasteiger partial charge in [0.1, 0.15) is 0 Å². The van der Waals surface area contributed by atoms with Crippen LogP contribution in [0, 0.1) is 6.92 Å². The quantitative estimate of drug-likeness (QED) is 0.530. The largest absolute Gasteiger partial charge is 0.412 e. The highest BCUT2D eigenvalue weighted by atomic mass is 28.3. The van der Waals surface area contributed by atoms with Crippen molar-refractivity contribution in [3.05, 3.63) is 42.5 Å². The van der Waals surface area contributed by atoms with Gasteiger partial charge in [0, 0.05) is 0 Å². The van der Waals surface area contributed by atoms with Crippen LogP contribution in [0.5, 0.6) is 0 Å². The fourth-order valence-corrected chi connectivity index (χ4v) is 3.30. The lowest BCUT2D eigenvalue weighted by atomic mass is 10.2. The second kappa shape index (κ2) is 5.78. The molecule has 0 aliphatic carbocycles. The van der Waals surface area contributed by atoms with Gasteiger partial charge in [-0.05, 0) is 18.2 Å². The zero-order valence-corrected chi connectivity index (χ0v) is 10.1. The van der Waals surface area contributed by atoms with Crippen LogP contribution in [0.4, 0.5) is 0 Å². The van der Waals surface area contributed by atoms with Crippen molar-refractivity contribution in [3.8, 4) is 0 Å². The molecule has 2 heteroatoms. The Kier molecular flexibility index (Phi) is 4.63. The molecule has 1 aromatic carbocycles. The van der Waals surface area contributed by atoms with E-state index in [-0.39, 0.29) is 0 Å². The molecule has 1 unspecified atom stereocenters. The summed E-state index contributed by atoms with van der Waals surface area (Å²) in [6, 6.07) is 9.83. The fraction of sp³-hybridized carbons (Fsp3) is 0.333. The molecule has 0 fully saturated rings. The average Bonchev–Trinajstić information content (AvgIpc) is 2.21. The topological polar surface area (TPSA) is 9.23 Å². The van der Waals surface area contributed by atoms with Crippen molar-refractivity contribution in [2.75, 3.05) is 6.61 Å². The predicted octanol–water partition coefficient (Wildman–Crippen LogP) is 2.15. The van der Waals surface area contributed by atoms with Crippen LogP contribution in [0.15, 0.2) is 36.9 Å². The Morgan fingerprint density at radius 3 is 2.50 bits per heavy atom. The highest BCUT2D eigenvalue weighted by molar-refractivity contribution is 6.67.